The first-order valence-electron chi connectivity index (χ1n) is 8.03. The number of allylic oxidation sites excluding steroid dienone is 1. The first-order valence-corrected chi connectivity index (χ1v) is 8.85. The number of rotatable bonds is 5. The second kappa shape index (κ2) is 7.81. The molecule has 0 saturated heterocycles. The number of hydrogen-bond donors (Lipinski definition) is 1. The van der Waals surface area contributed by atoms with E-state index in [-0.39, 0.29) is 23.0 Å². The van der Waals surface area contributed by atoms with Crippen molar-refractivity contribution in [3.63, 3.8) is 0 Å². The van der Waals surface area contributed by atoms with E-state index in [0.717, 1.165) is 9.75 Å². The minimum atomic E-state index is -0.415. The Bertz CT molecular complexity index is 1120. The van der Waals surface area contributed by atoms with Gasteiger partial charge < -0.3 is 10.6 Å². The van der Waals surface area contributed by atoms with Crippen LogP contribution >= 0.6 is 11.3 Å². The van der Waals surface area contributed by atoms with Crippen molar-refractivity contribution in [1.29, 1.82) is 5.26 Å². The van der Waals surface area contributed by atoms with Gasteiger partial charge in [-0.15, -0.1) is 11.3 Å². The van der Waals surface area contributed by atoms with Gasteiger partial charge in [-0.2, -0.15) is 20.2 Å². The molecular weight excluding hydrogens is 378 g/mol. The molecule has 28 heavy (non-hydrogen) atoms. The van der Waals surface area contributed by atoms with Gasteiger partial charge in [0.15, 0.2) is 5.82 Å². The number of nitro groups is 1. The van der Waals surface area contributed by atoms with Crippen molar-refractivity contribution in [2.75, 3.05) is 24.7 Å². The van der Waals surface area contributed by atoms with Crippen LogP contribution in [0.25, 0.3) is 22.1 Å². The summed E-state index contributed by atoms with van der Waals surface area (Å²) in [6.45, 7) is 0. The van der Waals surface area contributed by atoms with E-state index in [4.69, 9.17) is 5.73 Å². The lowest BCUT2D eigenvalue weighted by Gasteiger charge is -2.10. The molecule has 3 aromatic rings. The van der Waals surface area contributed by atoms with Crippen LogP contribution in [0, 0.1) is 21.4 Å². The zero-order chi connectivity index (χ0) is 20.3. The van der Waals surface area contributed by atoms with Gasteiger partial charge in [0.25, 0.3) is 5.69 Å². The van der Waals surface area contributed by atoms with Gasteiger partial charge in [0, 0.05) is 29.9 Å². The highest BCUT2D eigenvalue weighted by Crippen LogP contribution is 2.35. The summed E-state index contributed by atoms with van der Waals surface area (Å²) >= 11 is 1.33. The molecular formula is C18H15N7O2S. The molecule has 0 amide bonds. The number of benzene rings is 1. The van der Waals surface area contributed by atoms with Crippen molar-refractivity contribution in [2.24, 2.45) is 0 Å². The monoisotopic (exact) mass is 393 g/mol. The lowest BCUT2D eigenvalue weighted by atomic mass is 10.1. The van der Waals surface area contributed by atoms with Crippen LogP contribution in [0.2, 0.25) is 0 Å². The number of aromatic nitrogens is 3. The summed E-state index contributed by atoms with van der Waals surface area (Å²) in [5.41, 5.74) is 6.49. The van der Waals surface area contributed by atoms with Gasteiger partial charge in [0.05, 0.1) is 16.1 Å². The average molecular weight is 393 g/mol. The van der Waals surface area contributed by atoms with E-state index in [1.54, 1.807) is 55.4 Å². The SMILES string of the molecule is CN(C)c1nc(N)nc(/C(C#N)=C/c2ccc(-c3ccccc3[N+](=O)[O-])s2)n1. The van der Waals surface area contributed by atoms with Crippen LogP contribution in [-0.2, 0) is 0 Å². The van der Waals surface area contributed by atoms with Gasteiger partial charge in [-0.3, -0.25) is 10.1 Å². The Morgan fingerprint density at radius 1 is 1.25 bits per heavy atom. The molecule has 0 aliphatic heterocycles. The van der Waals surface area contributed by atoms with Crippen molar-refractivity contribution in [3.8, 4) is 16.5 Å². The predicted octanol–water partition coefficient (Wildman–Crippen LogP) is 3.22. The molecule has 0 unspecified atom stereocenters. The van der Waals surface area contributed by atoms with Crippen molar-refractivity contribution in [3.05, 3.63) is 57.2 Å². The molecule has 2 heterocycles. The minimum Gasteiger partial charge on any atom is -0.368 e. The number of nitriles is 1. The number of anilines is 2. The number of nitrogens with two attached hydrogens (primary N) is 1. The number of thiophene rings is 1. The van der Waals surface area contributed by atoms with E-state index < -0.39 is 4.92 Å². The zero-order valence-electron chi connectivity index (χ0n) is 15.0. The van der Waals surface area contributed by atoms with E-state index in [0.29, 0.717) is 11.5 Å². The lowest BCUT2D eigenvalue weighted by Crippen LogP contribution is -2.15. The molecule has 1 aromatic carbocycles. The van der Waals surface area contributed by atoms with Gasteiger partial charge in [-0.05, 0) is 24.3 Å². The Hall–Kier alpha value is -3.84. The third-order valence-corrected chi connectivity index (χ3v) is 4.75. The Labute approximate surface area is 164 Å². The molecule has 0 radical (unpaired) electrons. The van der Waals surface area contributed by atoms with Crippen LogP contribution in [-0.4, -0.2) is 34.0 Å². The van der Waals surface area contributed by atoms with Gasteiger partial charge >= 0.3 is 0 Å². The summed E-state index contributed by atoms with van der Waals surface area (Å²) in [7, 11) is 3.51. The quantitative estimate of drug-likeness (QED) is 0.396. The van der Waals surface area contributed by atoms with E-state index in [1.807, 2.05) is 0 Å². The first-order chi connectivity index (χ1) is 13.4. The number of para-hydroxylation sites is 1. The van der Waals surface area contributed by atoms with Crippen LogP contribution in [0.15, 0.2) is 36.4 Å². The van der Waals surface area contributed by atoms with Crippen LogP contribution < -0.4 is 10.6 Å². The molecule has 9 nitrogen and oxygen atoms in total. The van der Waals surface area contributed by atoms with Crippen molar-refractivity contribution in [1.82, 2.24) is 15.0 Å². The van der Waals surface area contributed by atoms with Gasteiger partial charge in [0.2, 0.25) is 11.9 Å². The summed E-state index contributed by atoms with van der Waals surface area (Å²) in [5, 5.41) is 20.8. The normalized spacial score (nSPS) is 11.1. The molecule has 0 aliphatic rings. The molecule has 0 spiro atoms. The topological polar surface area (TPSA) is 135 Å². The standard InChI is InChI=1S/C18H15N7O2S/c1-24(2)18-22-16(21-17(20)23-18)11(10-19)9-12-7-8-15(28-12)13-5-3-4-6-14(13)25(26)27/h3-9H,1-2H3,(H2,20,21,22,23)/b11-9+. The fourth-order valence-electron chi connectivity index (χ4n) is 2.41. The van der Waals surface area contributed by atoms with E-state index >= 15 is 0 Å². The third kappa shape index (κ3) is 3.94. The number of nitro benzene ring substituents is 1. The fraction of sp³-hybridized carbons (Fsp3) is 0.111. The molecule has 2 N–H and O–H groups in total. The predicted molar refractivity (Wildman–Crippen MR) is 108 cm³/mol. The molecule has 3 rings (SSSR count). The summed E-state index contributed by atoms with van der Waals surface area (Å²) in [5.74, 6) is 0.524. The fourth-order valence-corrected chi connectivity index (χ4v) is 3.39. The van der Waals surface area contributed by atoms with E-state index in [1.165, 1.54) is 17.4 Å². The Morgan fingerprint density at radius 3 is 2.68 bits per heavy atom. The third-order valence-electron chi connectivity index (χ3n) is 3.68. The van der Waals surface area contributed by atoms with Gasteiger partial charge in [-0.25, -0.2) is 0 Å². The van der Waals surface area contributed by atoms with Crippen LogP contribution in [0.3, 0.4) is 0 Å². The minimum absolute atomic E-state index is 0.0154. The molecule has 0 saturated carbocycles. The second-order valence-electron chi connectivity index (χ2n) is 5.86. The zero-order valence-corrected chi connectivity index (χ0v) is 15.8. The summed E-state index contributed by atoms with van der Waals surface area (Å²) in [6, 6.07) is 12.2. The molecule has 0 atom stereocenters. The van der Waals surface area contributed by atoms with Crippen LogP contribution in [0.4, 0.5) is 17.6 Å². The highest BCUT2D eigenvalue weighted by Gasteiger charge is 2.16. The summed E-state index contributed by atoms with van der Waals surface area (Å²) in [6.07, 6.45) is 1.62. The molecule has 0 bridgehead atoms. The summed E-state index contributed by atoms with van der Waals surface area (Å²) in [4.78, 5) is 26.2. The molecule has 0 aliphatic carbocycles. The van der Waals surface area contributed by atoms with Crippen LogP contribution in [0.1, 0.15) is 10.7 Å². The summed E-state index contributed by atoms with van der Waals surface area (Å²) < 4.78 is 0. The second-order valence-corrected chi connectivity index (χ2v) is 6.97. The largest absolute Gasteiger partial charge is 0.368 e. The smallest absolute Gasteiger partial charge is 0.278 e. The van der Waals surface area contributed by atoms with Crippen molar-refractivity contribution >= 4 is 40.6 Å². The van der Waals surface area contributed by atoms with E-state index in [9.17, 15) is 15.4 Å². The highest BCUT2D eigenvalue weighted by atomic mass is 32.1. The highest BCUT2D eigenvalue weighted by molar-refractivity contribution is 7.16. The number of nitrogens with zero attached hydrogens (tertiary/aromatic N) is 6. The average Bonchev–Trinajstić information content (AvgIpc) is 3.14. The van der Waals surface area contributed by atoms with E-state index in [2.05, 4.69) is 21.0 Å². The molecule has 0 fully saturated rings. The first kappa shape index (κ1) is 18.9. The van der Waals surface area contributed by atoms with Crippen molar-refractivity contribution < 1.29 is 4.92 Å². The maximum Gasteiger partial charge on any atom is 0.278 e. The molecule has 2 aromatic heterocycles. The Balaban J connectivity index is 2.01. The maximum absolute atomic E-state index is 11.2. The maximum atomic E-state index is 11.2. The van der Waals surface area contributed by atoms with Gasteiger partial charge in [0.1, 0.15) is 6.07 Å². The molecule has 140 valence electrons. The van der Waals surface area contributed by atoms with Crippen molar-refractivity contribution in [2.45, 2.75) is 0 Å². The number of nitrogen functional groups attached to an aromatic ring is 1. The Morgan fingerprint density at radius 2 is 2.00 bits per heavy atom. The van der Waals surface area contributed by atoms with Crippen LogP contribution in [0.5, 0.6) is 0 Å². The lowest BCUT2D eigenvalue weighted by molar-refractivity contribution is -0.384. The Kier molecular flexibility index (Phi) is 5.28. The molecule has 10 heteroatoms. The van der Waals surface area contributed by atoms with Gasteiger partial charge in [-0.1, -0.05) is 12.1 Å². The number of hydrogen-bond acceptors (Lipinski definition) is 9.